The summed E-state index contributed by atoms with van der Waals surface area (Å²) in [5, 5.41) is 6.52. The minimum atomic E-state index is 0.00397. The largest absolute Gasteiger partial charge is 0.493 e. The zero-order chi connectivity index (χ0) is 14.7. The van der Waals surface area contributed by atoms with Gasteiger partial charge < -0.3 is 15.4 Å². The smallest absolute Gasteiger partial charge is 0.251 e. The number of carbonyl (C=O) groups is 1. The fraction of sp³-hybridized carbons (Fsp3) is 0.588. The average molecular weight is 288 g/mol. The van der Waals surface area contributed by atoms with Crippen molar-refractivity contribution in [2.75, 3.05) is 13.2 Å². The molecular formula is C17H24N2O2. The van der Waals surface area contributed by atoms with Crippen LogP contribution in [0.1, 0.15) is 43.0 Å². The Morgan fingerprint density at radius 3 is 2.71 bits per heavy atom. The lowest BCUT2D eigenvalue weighted by Gasteiger charge is -2.30. The molecule has 1 aliphatic heterocycles. The van der Waals surface area contributed by atoms with E-state index in [1.165, 1.54) is 12.8 Å². The SMILES string of the molecule is CC1NCCCC1NC(=O)c1ccc(OCC2CC2)cc1. The van der Waals surface area contributed by atoms with Gasteiger partial charge in [-0.1, -0.05) is 0 Å². The molecule has 2 aliphatic rings. The van der Waals surface area contributed by atoms with Crippen LogP contribution in [-0.4, -0.2) is 31.1 Å². The number of amides is 1. The van der Waals surface area contributed by atoms with E-state index >= 15 is 0 Å². The predicted octanol–water partition coefficient (Wildman–Crippen LogP) is 2.35. The van der Waals surface area contributed by atoms with Crippen LogP contribution in [0.2, 0.25) is 0 Å². The molecule has 1 saturated carbocycles. The third kappa shape index (κ3) is 3.97. The molecule has 1 heterocycles. The molecule has 1 aromatic carbocycles. The number of hydrogen-bond acceptors (Lipinski definition) is 3. The number of benzene rings is 1. The number of rotatable bonds is 5. The molecule has 1 amide bonds. The van der Waals surface area contributed by atoms with E-state index in [2.05, 4.69) is 17.6 Å². The van der Waals surface area contributed by atoms with E-state index < -0.39 is 0 Å². The van der Waals surface area contributed by atoms with Gasteiger partial charge in [0.15, 0.2) is 0 Å². The van der Waals surface area contributed by atoms with Gasteiger partial charge in [-0.25, -0.2) is 0 Å². The van der Waals surface area contributed by atoms with Crippen LogP contribution in [0.3, 0.4) is 0 Å². The summed E-state index contributed by atoms with van der Waals surface area (Å²) in [5.74, 6) is 1.60. The second-order valence-electron chi connectivity index (χ2n) is 6.24. The molecule has 0 aromatic heterocycles. The van der Waals surface area contributed by atoms with Crippen molar-refractivity contribution >= 4 is 5.91 Å². The zero-order valence-electron chi connectivity index (χ0n) is 12.6. The van der Waals surface area contributed by atoms with Gasteiger partial charge in [-0.3, -0.25) is 4.79 Å². The van der Waals surface area contributed by atoms with Gasteiger partial charge in [-0.05, 0) is 69.3 Å². The summed E-state index contributed by atoms with van der Waals surface area (Å²) in [6, 6.07) is 8.03. The van der Waals surface area contributed by atoms with E-state index in [1.54, 1.807) is 0 Å². The highest BCUT2D eigenvalue weighted by atomic mass is 16.5. The summed E-state index contributed by atoms with van der Waals surface area (Å²) in [6.07, 6.45) is 4.73. The molecule has 4 heteroatoms. The Hall–Kier alpha value is -1.55. The first-order valence-electron chi connectivity index (χ1n) is 7.99. The van der Waals surface area contributed by atoms with Crippen LogP contribution < -0.4 is 15.4 Å². The van der Waals surface area contributed by atoms with Crippen LogP contribution in [0.5, 0.6) is 5.75 Å². The van der Waals surface area contributed by atoms with Crippen LogP contribution in [0.15, 0.2) is 24.3 Å². The van der Waals surface area contributed by atoms with Crippen molar-refractivity contribution in [3.8, 4) is 5.75 Å². The van der Waals surface area contributed by atoms with Crippen molar-refractivity contribution < 1.29 is 9.53 Å². The molecule has 2 fully saturated rings. The van der Waals surface area contributed by atoms with Crippen molar-refractivity contribution in [1.82, 2.24) is 10.6 Å². The van der Waals surface area contributed by atoms with Crippen LogP contribution in [-0.2, 0) is 0 Å². The Morgan fingerprint density at radius 1 is 1.29 bits per heavy atom. The standard InChI is InChI=1S/C17H24N2O2/c1-12-16(3-2-10-18-12)19-17(20)14-6-8-15(9-7-14)21-11-13-4-5-13/h6-9,12-13,16,18H,2-5,10-11H2,1H3,(H,19,20). The third-order valence-electron chi connectivity index (χ3n) is 4.38. The monoisotopic (exact) mass is 288 g/mol. The maximum Gasteiger partial charge on any atom is 0.251 e. The second-order valence-corrected chi connectivity index (χ2v) is 6.24. The lowest BCUT2D eigenvalue weighted by atomic mass is 9.99. The molecule has 0 spiro atoms. The van der Waals surface area contributed by atoms with Crippen molar-refractivity contribution in [3.63, 3.8) is 0 Å². The summed E-state index contributed by atoms with van der Waals surface area (Å²) < 4.78 is 5.69. The Labute approximate surface area is 126 Å². The molecular weight excluding hydrogens is 264 g/mol. The molecule has 2 N–H and O–H groups in total. The highest BCUT2D eigenvalue weighted by Gasteiger charge is 2.23. The van der Waals surface area contributed by atoms with Crippen molar-refractivity contribution in [2.45, 2.75) is 44.7 Å². The van der Waals surface area contributed by atoms with Gasteiger partial charge in [-0.15, -0.1) is 0 Å². The first-order chi connectivity index (χ1) is 10.2. The minimum Gasteiger partial charge on any atom is -0.493 e. The van der Waals surface area contributed by atoms with Gasteiger partial charge in [-0.2, -0.15) is 0 Å². The summed E-state index contributed by atoms with van der Waals surface area (Å²) in [4.78, 5) is 12.3. The van der Waals surface area contributed by atoms with E-state index in [0.29, 0.717) is 11.6 Å². The highest BCUT2D eigenvalue weighted by molar-refractivity contribution is 5.94. The van der Waals surface area contributed by atoms with Crippen molar-refractivity contribution in [1.29, 1.82) is 0 Å². The molecule has 2 atom stereocenters. The van der Waals surface area contributed by atoms with E-state index in [0.717, 1.165) is 37.7 Å². The Balaban J connectivity index is 1.53. The number of ether oxygens (including phenoxy) is 1. The number of nitrogens with one attached hydrogen (secondary N) is 2. The van der Waals surface area contributed by atoms with Gasteiger partial charge in [0.05, 0.1) is 6.61 Å². The average Bonchev–Trinajstić information content (AvgIpc) is 3.32. The van der Waals surface area contributed by atoms with Crippen LogP contribution in [0, 0.1) is 5.92 Å². The molecule has 1 aromatic rings. The Kier molecular flexibility index (Phi) is 4.44. The molecule has 4 nitrogen and oxygen atoms in total. The van der Waals surface area contributed by atoms with Crippen molar-refractivity contribution in [3.05, 3.63) is 29.8 Å². The lowest BCUT2D eigenvalue weighted by molar-refractivity contribution is 0.0920. The zero-order valence-corrected chi connectivity index (χ0v) is 12.6. The van der Waals surface area contributed by atoms with Gasteiger partial charge in [0.1, 0.15) is 5.75 Å². The first kappa shape index (κ1) is 14.4. The highest BCUT2D eigenvalue weighted by Crippen LogP contribution is 2.29. The van der Waals surface area contributed by atoms with Crippen LogP contribution in [0.25, 0.3) is 0 Å². The van der Waals surface area contributed by atoms with E-state index in [-0.39, 0.29) is 11.9 Å². The summed E-state index contributed by atoms with van der Waals surface area (Å²) in [7, 11) is 0. The fourth-order valence-electron chi connectivity index (χ4n) is 2.69. The van der Waals surface area contributed by atoms with Gasteiger partial charge in [0.2, 0.25) is 0 Å². The van der Waals surface area contributed by atoms with Crippen LogP contribution >= 0.6 is 0 Å². The van der Waals surface area contributed by atoms with Crippen LogP contribution in [0.4, 0.5) is 0 Å². The summed E-state index contributed by atoms with van der Waals surface area (Å²) >= 11 is 0. The quantitative estimate of drug-likeness (QED) is 0.874. The summed E-state index contributed by atoms with van der Waals surface area (Å²) in [6.45, 7) is 3.97. The third-order valence-corrected chi connectivity index (χ3v) is 4.38. The molecule has 1 saturated heterocycles. The molecule has 3 rings (SSSR count). The lowest BCUT2D eigenvalue weighted by Crippen LogP contribution is -2.51. The normalized spacial score (nSPS) is 25.4. The topological polar surface area (TPSA) is 50.4 Å². The molecule has 0 radical (unpaired) electrons. The molecule has 2 unspecified atom stereocenters. The van der Waals surface area contributed by atoms with E-state index in [4.69, 9.17) is 4.74 Å². The van der Waals surface area contributed by atoms with Crippen molar-refractivity contribution in [2.24, 2.45) is 5.92 Å². The number of piperidine rings is 1. The predicted molar refractivity (Wildman–Crippen MR) is 82.6 cm³/mol. The molecule has 114 valence electrons. The fourth-order valence-corrected chi connectivity index (χ4v) is 2.69. The van der Waals surface area contributed by atoms with Gasteiger partial charge >= 0.3 is 0 Å². The van der Waals surface area contributed by atoms with Gasteiger partial charge in [0, 0.05) is 17.6 Å². The summed E-state index contributed by atoms with van der Waals surface area (Å²) in [5.41, 5.74) is 0.701. The number of hydrogen-bond donors (Lipinski definition) is 2. The maximum absolute atomic E-state index is 12.3. The first-order valence-corrected chi connectivity index (χ1v) is 7.99. The molecule has 1 aliphatic carbocycles. The minimum absolute atomic E-state index is 0.00397. The molecule has 0 bridgehead atoms. The van der Waals surface area contributed by atoms with E-state index in [9.17, 15) is 4.79 Å². The Bertz CT molecular complexity index is 482. The molecule has 21 heavy (non-hydrogen) atoms. The number of carbonyl (C=O) groups excluding carboxylic acids is 1. The Morgan fingerprint density at radius 2 is 2.05 bits per heavy atom. The maximum atomic E-state index is 12.3. The second kappa shape index (κ2) is 6.48. The van der Waals surface area contributed by atoms with Gasteiger partial charge in [0.25, 0.3) is 5.91 Å². The van der Waals surface area contributed by atoms with E-state index in [1.807, 2.05) is 24.3 Å².